The molecule has 0 saturated heterocycles. The molecule has 1 rings (SSSR count). The second-order valence-electron chi connectivity index (χ2n) is 3.40. The maximum atomic E-state index is 11.4. The Balaban J connectivity index is 2.76. The van der Waals surface area contributed by atoms with Crippen LogP contribution in [0.3, 0.4) is 0 Å². The molecule has 0 bridgehead atoms. The molecule has 0 aromatic rings. The minimum atomic E-state index is 0.224. The van der Waals surface area contributed by atoms with Gasteiger partial charge in [0, 0.05) is 5.57 Å². The first-order valence-corrected chi connectivity index (χ1v) is 5.87. The van der Waals surface area contributed by atoms with Crippen molar-refractivity contribution in [3.8, 4) is 0 Å². The number of carbonyl (C=O) groups excluding carboxylic acids is 1. The average molecular weight is 196 g/mol. The van der Waals surface area contributed by atoms with Gasteiger partial charge in [-0.1, -0.05) is 36.4 Å². The van der Waals surface area contributed by atoms with Gasteiger partial charge in [-0.25, -0.2) is 0 Å². The average Bonchev–Trinajstić information content (AvgIpc) is 2.17. The summed E-state index contributed by atoms with van der Waals surface area (Å²) in [4.78, 5) is 11.4. The van der Waals surface area contributed by atoms with E-state index in [-0.39, 0.29) is 5.12 Å². The molecule has 0 spiro atoms. The normalized spacial score (nSPS) is 22.2. The highest BCUT2D eigenvalue weighted by Gasteiger charge is 2.18. The minimum Gasteiger partial charge on any atom is -0.282 e. The first kappa shape index (κ1) is 10.6. The molecular weight excluding hydrogens is 180 g/mol. The van der Waals surface area contributed by atoms with E-state index >= 15 is 0 Å². The molecule has 0 aliphatic heterocycles. The molecule has 0 unspecified atom stereocenters. The predicted molar refractivity (Wildman–Crippen MR) is 58.8 cm³/mol. The summed E-state index contributed by atoms with van der Waals surface area (Å²) in [5, 5.41) is 0.224. The van der Waals surface area contributed by atoms with Crippen molar-refractivity contribution in [2.24, 2.45) is 5.92 Å². The fourth-order valence-corrected chi connectivity index (χ4v) is 2.02. The Bertz CT molecular complexity index is 263. The SMILES string of the molecule is CC[C@@H]1CC(C(=O)SC)=CC=C1C. The van der Waals surface area contributed by atoms with Gasteiger partial charge >= 0.3 is 0 Å². The van der Waals surface area contributed by atoms with Gasteiger partial charge in [0.2, 0.25) is 5.12 Å². The summed E-state index contributed by atoms with van der Waals surface area (Å²) in [6.45, 7) is 4.32. The largest absolute Gasteiger partial charge is 0.282 e. The van der Waals surface area contributed by atoms with Gasteiger partial charge in [-0.05, 0) is 31.9 Å². The lowest BCUT2D eigenvalue weighted by Crippen LogP contribution is -2.10. The van der Waals surface area contributed by atoms with Crippen molar-refractivity contribution >= 4 is 16.9 Å². The van der Waals surface area contributed by atoms with E-state index in [1.807, 2.05) is 12.3 Å². The van der Waals surface area contributed by atoms with E-state index in [1.165, 1.54) is 17.3 Å². The molecule has 0 fully saturated rings. The second-order valence-corrected chi connectivity index (χ2v) is 4.18. The summed E-state index contributed by atoms with van der Waals surface area (Å²) in [5.41, 5.74) is 2.38. The van der Waals surface area contributed by atoms with Crippen LogP contribution in [0.1, 0.15) is 26.7 Å². The van der Waals surface area contributed by atoms with Crippen LogP contribution in [0.2, 0.25) is 0 Å². The Morgan fingerprint density at radius 2 is 2.31 bits per heavy atom. The van der Waals surface area contributed by atoms with Gasteiger partial charge in [0.15, 0.2) is 0 Å². The zero-order chi connectivity index (χ0) is 9.84. The van der Waals surface area contributed by atoms with Gasteiger partial charge < -0.3 is 0 Å². The van der Waals surface area contributed by atoms with Crippen molar-refractivity contribution in [2.45, 2.75) is 26.7 Å². The zero-order valence-corrected chi connectivity index (χ0v) is 9.28. The molecule has 0 N–H and O–H groups in total. The van der Waals surface area contributed by atoms with Crippen molar-refractivity contribution in [3.63, 3.8) is 0 Å². The van der Waals surface area contributed by atoms with Crippen LogP contribution in [-0.2, 0) is 4.79 Å². The standard InChI is InChI=1S/C11H16OS/c1-4-9-7-10(11(12)13-3)6-5-8(9)2/h5-6,9H,4,7H2,1-3H3/t9-/m1/s1. The van der Waals surface area contributed by atoms with Crippen molar-refractivity contribution in [2.75, 3.05) is 6.26 Å². The second kappa shape index (κ2) is 4.66. The number of allylic oxidation sites excluding steroid dienone is 3. The number of carbonyl (C=O) groups is 1. The Labute approximate surface area is 84.3 Å². The van der Waals surface area contributed by atoms with Gasteiger partial charge in [-0.15, -0.1) is 0 Å². The molecule has 72 valence electrons. The lowest BCUT2D eigenvalue weighted by molar-refractivity contribution is -0.108. The van der Waals surface area contributed by atoms with Gasteiger partial charge in [-0.3, -0.25) is 4.79 Å². The zero-order valence-electron chi connectivity index (χ0n) is 8.46. The highest BCUT2D eigenvalue weighted by molar-refractivity contribution is 8.13. The number of hydrogen-bond donors (Lipinski definition) is 0. The van der Waals surface area contributed by atoms with E-state index in [9.17, 15) is 4.79 Å². The lowest BCUT2D eigenvalue weighted by atomic mass is 9.86. The van der Waals surface area contributed by atoms with E-state index in [1.54, 1.807) is 0 Å². The van der Waals surface area contributed by atoms with E-state index in [2.05, 4.69) is 19.9 Å². The van der Waals surface area contributed by atoms with Gasteiger partial charge in [0.1, 0.15) is 0 Å². The maximum absolute atomic E-state index is 11.4. The Kier molecular flexibility index (Phi) is 3.79. The summed E-state index contributed by atoms with van der Waals surface area (Å²) < 4.78 is 0. The quantitative estimate of drug-likeness (QED) is 0.674. The molecule has 0 aromatic heterocycles. The summed E-state index contributed by atoms with van der Waals surface area (Å²) in [6, 6.07) is 0. The van der Waals surface area contributed by atoms with Crippen LogP contribution < -0.4 is 0 Å². The molecule has 1 nitrogen and oxygen atoms in total. The van der Waals surface area contributed by atoms with Crippen molar-refractivity contribution < 1.29 is 4.79 Å². The molecule has 1 aliphatic rings. The van der Waals surface area contributed by atoms with E-state index in [0.29, 0.717) is 5.92 Å². The molecule has 0 radical (unpaired) electrons. The van der Waals surface area contributed by atoms with E-state index in [0.717, 1.165) is 18.4 Å². The summed E-state index contributed by atoms with van der Waals surface area (Å²) >= 11 is 1.31. The summed E-state index contributed by atoms with van der Waals surface area (Å²) in [6.07, 6.45) is 7.95. The summed E-state index contributed by atoms with van der Waals surface area (Å²) in [5.74, 6) is 0.580. The van der Waals surface area contributed by atoms with Crippen LogP contribution >= 0.6 is 11.8 Å². The molecule has 1 atom stereocenters. The highest BCUT2D eigenvalue weighted by atomic mass is 32.2. The molecule has 13 heavy (non-hydrogen) atoms. The van der Waals surface area contributed by atoms with Crippen LogP contribution in [0.15, 0.2) is 23.3 Å². The topological polar surface area (TPSA) is 17.1 Å². The number of hydrogen-bond acceptors (Lipinski definition) is 2. The Hall–Kier alpha value is -0.500. The minimum absolute atomic E-state index is 0.224. The first-order valence-electron chi connectivity index (χ1n) is 4.64. The molecule has 1 aliphatic carbocycles. The molecule has 0 aromatic carbocycles. The van der Waals surface area contributed by atoms with Crippen molar-refractivity contribution in [1.82, 2.24) is 0 Å². The van der Waals surface area contributed by atoms with Crippen molar-refractivity contribution in [3.05, 3.63) is 23.3 Å². The van der Waals surface area contributed by atoms with Gasteiger partial charge in [0.05, 0.1) is 0 Å². The van der Waals surface area contributed by atoms with Gasteiger partial charge in [0.25, 0.3) is 0 Å². The van der Waals surface area contributed by atoms with E-state index in [4.69, 9.17) is 0 Å². The first-order chi connectivity index (χ1) is 6.19. The smallest absolute Gasteiger partial charge is 0.215 e. The molecule has 0 amide bonds. The number of thioether (sulfide) groups is 1. The van der Waals surface area contributed by atoms with Crippen LogP contribution in [0.25, 0.3) is 0 Å². The third-order valence-corrected chi connectivity index (χ3v) is 3.23. The van der Waals surface area contributed by atoms with Crippen molar-refractivity contribution in [1.29, 1.82) is 0 Å². The molecule has 0 saturated carbocycles. The van der Waals surface area contributed by atoms with E-state index < -0.39 is 0 Å². The molecule has 2 heteroatoms. The molecular formula is C11H16OS. The third-order valence-electron chi connectivity index (χ3n) is 2.60. The Morgan fingerprint density at radius 1 is 1.62 bits per heavy atom. The monoisotopic (exact) mass is 196 g/mol. The molecule has 0 heterocycles. The van der Waals surface area contributed by atoms with Crippen LogP contribution in [0.4, 0.5) is 0 Å². The number of rotatable bonds is 2. The maximum Gasteiger partial charge on any atom is 0.215 e. The highest BCUT2D eigenvalue weighted by Crippen LogP contribution is 2.29. The fraction of sp³-hybridized carbons (Fsp3) is 0.545. The van der Waals surface area contributed by atoms with Crippen LogP contribution in [0.5, 0.6) is 0 Å². The lowest BCUT2D eigenvalue weighted by Gasteiger charge is -2.20. The fourth-order valence-electron chi connectivity index (χ4n) is 1.61. The third kappa shape index (κ3) is 2.47. The Morgan fingerprint density at radius 3 is 2.85 bits per heavy atom. The van der Waals surface area contributed by atoms with Crippen LogP contribution in [0, 0.1) is 5.92 Å². The van der Waals surface area contributed by atoms with Gasteiger partial charge in [-0.2, -0.15) is 0 Å². The van der Waals surface area contributed by atoms with Crippen LogP contribution in [-0.4, -0.2) is 11.4 Å². The summed E-state index contributed by atoms with van der Waals surface area (Å²) in [7, 11) is 0. The predicted octanol–water partition coefficient (Wildman–Crippen LogP) is 3.18.